The Bertz CT molecular complexity index is 1520. The first kappa shape index (κ1) is 34.4. The molecular formula is C34H42N2O11. The number of ketones is 2. The van der Waals surface area contributed by atoms with Crippen molar-refractivity contribution < 1.29 is 49.0 Å². The summed E-state index contributed by atoms with van der Waals surface area (Å²) in [6.07, 6.45) is 4.56. The quantitative estimate of drug-likeness (QED) is 0.154. The number of carboxylic acids is 1. The molecule has 0 unspecified atom stereocenters. The van der Waals surface area contributed by atoms with Crippen molar-refractivity contribution in [3.8, 4) is 0 Å². The molecule has 0 aromatic heterocycles. The number of nitro groups is 1. The lowest BCUT2D eigenvalue weighted by molar-refractivity contribution is -0.385. The number of amides is 1. The minimum absolute atomic E-state index is 0.0461. The minimum atomic E-state index is -1.85. The zero-order valence-corrected chi connectivity index (χ0v) is 26.6. The summed E-state index contributed by atoms with van der Waals surface area (Å²) in [5, 5.41) is 45.0. The molecule has 0 aliphatic heterocycles. The van der Waals surface area contributed by atoms with E-state index >= 15 is 0 Å². The highest BCUT2D eigenvalue weighted by molar-refractivity contribution is 5.92. The summed E-state index contributed by atoms with van der Waals surface area (Å²) in [4.78, 5) is 72.6. The van der Waals surface area contributed by atoms with Gasteiger partial charge in [0, 0.05) is 30.4 Å². The number of hydrogen-bond acceptors (Lipinski definition) is 10. The minimum Gasteiger partial charge on any atom is -0.480 e. The Balaban J connectivity index is 1.14. The van der Waals surface area contributed by atoms with Crippen molar-refractivity contribution in [1.82, 2.24) is 5.32 Å². The third-order valence-corrected chi connectivity index (χ3v) is 11.8. The van der Waals surface area contributed by atoms with E-state index in [2.05, 4.69) is 12.2 Å². The maximum absolute atomic E-state index is 13.5. The van der Waals surface area contributed by atoms with Crippen LogP contribution in [-0.2, 0) is 28.7 Å². The van der Waals surface area contributed by atoms with Gasteiger partial charge in [0.05, 0.1) is 11.3 Å². The number of aliphatic hydroxyl groups is 2. The predicted octanol–water partition coefficient (Wildman–Crippen LogP) is 3.35. The van der Waals surface area contributed by atoms with Crippen LogP contribution in [0.15, 0.2) is 35.9 Å². The molecule has 0 spiro atoms. The van der Waals surface area contributed by atoms with Crippen LogP contribution in [0.4, 0.5) is 5.69 Å². The van der Waals surface area contributed by atoms with Crippen LogP contribution in [0.2, 0.25) is 0 Å². The summed E-state index contributed by atoms with van der Waals surface area (Å²) < 4.78 is 5.17. The van der Waals surface area contributed by atoms with E-state index in [1.807, 2.05) is 13.0 Å². The second-order valence-corrected chi connectivity index (χ2v) is 14.1. The van der Waals surface area contributed by atoms with Crippen molar-refractivity contribution >= 4 is 35.1 Å². The van der Waals surface area contributed by atoms with Gasteiger partial charge in [0.15, 0.2) is 18.4 Å². The standard InChI is InChI=1S/C34H42N2O11/c1-32-13-10-22(37)17-20(32)6-7-23-24(32)11-14-33(2)25(23)12-15-34(33,44)26(38)18-47-28(40)9-8-27(39)35-29(31(42)43)30(41)19-4-3-5-21(16-19)36(45)46/h3-5,16-17,23-25,29-30,41,44H,6-15,18H2,1-2H3,(H,35,39)(H,42,43)/t23-,24+,25-,29-,30-,32-,33-,34-/m0/s1. The second kappa shape index (κ2) is 12.9. The molecular weight excluding hydrogens is 612 g/mol. The molecule has 4 N–H and O–H groups in total. The highest BCUT2D eigenvalue weighted by atomic mass is 16.6. The molecule has 13 heteroatoms. The highest BCUT2D eigenvalue weighted by Gasteiger charge is 2.66. The van der Waals surface area contributed by atoms with Gasteiger partial charge in [0.1, 0.15) is 11.7 Å². The van der Waals surface area contributed by atoms with Gasteiger partial charge in [0.2, 0.25) is 11.7 Å². The summed E-state index contributed by atoms with van der Waals surface area (Å²) in [6.45, 7) is 3.56. The van der Waals surface area contributed by atoms with Gasteiger partial charge in [-0.05, 0) is 79.8 Å². The lowest BCUT2D eigenvalue weighted by Crippen LogP contribution is -2.58. The van der Waals surface area contributed by atoms with Crippen LogP contribution < -0.4 is 5.32 Å². The van der Waals surface area contributed by atoms with E-state index in [4.69, 9.17) is 4.74 Å². The first-order valence-corrected chi connectivity index (χ1v) is 16.2. The smallest absolute Gasteiger partial charge is 0.329 e. The van der Waals surface area contributed by atoms with E-state index in [0.29, 0.717) is 31.1 Å². The number of esters is 1. The summed E-state index contributed by atoms with van der Waals surface area (Å²) in [5.41, 5.74) is -1.63. The molecule has 3 fully saturated rings. The lowest BCUT2D eigenvalue weighted by Gasteiger charge is -2.58. The first-order chi connectivity index (χ1) is 22.1. The van der Waals surface area contributed by atoms with E-state index < -0.39 is 71.2 Å². The Morgan fingerprint density at radius 2 is 1.79 bits per heavy atom. The normalized spacial score (nSPS) is 32.5. The number of benzene rings is 1. The van der Waals surface area contributed by atoms with Gasteiger partial charge in [-0.25, -0.2) is 4.79 Å². The number of ether oxygens (including phenoxy) is 1. The van der Waals surface area contributed by atoms with Gasteiger partial charge >= 0.3 is 11.9 Å². The van der Waals surface area contributed by atoms with Crippen LogP contribution in [0.3, 0.4) is 0 Å². The first-order valence-electron chi connectivity index (χ1n) is 16.2. The summed E-state index contributed by atoms with van der Waals surface area (Å²) in [6, 6.07) is 2.86. The fraction of sp³-hybridized carbons (Fsp3) is 0.618. The molecule has 4 aliphatic carbocycles. The van der Waals surface area contributed by atoms with Crippen molar-refractivity contribution in [2.45, 2.75) is 95.8 Å². The summed E-state index contributed by atoms with van der Waals surface area (Å²) >= 11 is 0. The van der Waals surface area contributed by atoms with E-state index in [1.165, 1.54) is 23.8 Å². The number of hydrogen-bond donors (Lipinski definition) is 4. The highest BCUT2D eigenvalue weighted by Crippen LogP contribution is 2.67. The molecule has 47 heavy (non-hydrogen) atoms. The van der Waals surface area contributed by atoms with Crippen LogP contribution >= 0.6 is 0 Å². The number of nitrogens with zero attached hydrogens (tertiary/aromatic N) is 1. The second-order valence-electron chi connectivity index (χ2n) is 14.1. The third-order valence-electron chi connectivity index (χ3n) is 11.8. The molecule has 4 aliphatic rings. The Labute approximate surface area is 271 Å². The average molecular weight is 655 g/mol. The molecule has 8 atom stereocenters. The number of nitrogens with one attached hydrogen (secondary N) is 1. The van der Waals surface area contributed by atoms with Gasteiger partial charge in [0.25, 0.3) is 5.69 Å². The van der Waals surface area contributed by atoms with E-state index in [0.717, 1.165) is 31.7 Å². The molecule has 0 bridgehead atoms. The monoisotopic (exact) mass is 654 g/mol. The maximum atomic E-state index is 13.5. The van der Waals surface area contributed by atoms with Crippen molar-refractivity contribution in [1.29, 1.82) is 0 Å². The van der Waals surface area contributed by atoms with E-state index in [9.17, 15) is 49.4 Å². The number of fused-ring (bicyclic) bond motifs is 5. The molecule has 254 valence electrons. The fourth-order valence-electron chi connectivity index (χ4n) is 9.12. The molecule has 0 heterocycles. The maximum Gasteiger partial charge on any atom is 0.329 e. The van der Waals surface area contributed by atoms with Crippen molar-refractivity contribution in [2.24, 2.45) is 28.6 Å². The zero-order chi connectivity index (χ0) is 34.3. The molecule has 0 saturated heterocycles. The van der Waals surface area contributed by atoms with Gasteiger partial charge in [-0.3, -0.25) is 29.3 Å². The van der Waals surface area contributed by atoms with Gasteiger partial charge in [-0.2, -0.15) is 0 Å². The molecule has 1 amide bonds. The summed E-state index contributed by atoms with van der Waals surface area (Å²) in [7, 11) is 0. The summed E-state index contributed by atoms with van der Waals surface area (Å²) in [5.74, 6) is -2.97. The topological polar surface area (TPSA) is 210 Å². The number of aliphatic hydroxyl groups excluding tert-OH is 1. The SMILES string of the molecule is C[C@]12CCC(=O)C=C1CC[C@H]1[C@H]2CC[C@@]2(C)[C@H]1CC[C@]2(O)C(=O)COC(=O)CCC(=O)N[C@H](C(=O)O)[C@@H](O)c1cccc([N+](=O)[O-])c1. The largest absolute Gasteiger partial charge is 0.480 e. The molecule has 3 saturated carbocycles. The number of carbonyl (C=O) groups excluding carboxylic acids is 4. The molecule has 1 aromatic carbocycles. The molecule has 13 nitrogen and oxygen atoms in total. The van der Waals surface area contributed by atoms with Gasteiger partial charge in [-0.1, -0.05) is 31.6 Å². The number of non-ortho nitro benzene ring substituents is 1. The average Bonchev–Trinajstić information content (AvgIpc) is 3.32. The Hall–Kier alpha value is -3.97. The molecule has 5 rings (SSSR count). The molecule has 0 radical (unpaired) electrons. The Morgan fingerprint density at radius 1 is 1.06 bits per heavy atom. The lowest BCUT2D eigenvalue weighted by atomic mass is 9.46. The number of allylic oxidation sites excluding steroid dienone is 1. The zero-order valence-electron chi connectivity index (χ0n) is 26.6. The van der Waals surface area contributed by atoms with Crippen LogP contribution in [0.25, 0.3) is 0 Å². The predicted molar refractivity (Wildman–Crippen MR) is 164 cm³/mol. The number of Topliss-reactive ketones (excluding diaryl/α,β-unsaturated/α-hetero) is 1. The van der Waals surface area contributed by atoms with Crippen LogP contribution in [0.1, 0.15) is 89.7 Å². The van der Waals surface area contributed by atoms with Gasteiger partial charge < -0.3 is 25.4 Å². The van der Waals surface area contributed by atoms with Crippen LogP contribution in [0.5, 0.6) is 0 Å². The Morgan fingerprint density at radius 3 is 2.49 bits per heavy atom. The van der Waals surface area contributed by atoms with Gasteiger partial charge in [-0.15, -0.1) is 0 Å². The van der Waals surface area contributed by atoms with E-state index in [1.54, 1.807) is 0 Å². The Kier molecular flexibility index (Phi) is 9.44. The number of carbonyl (C=O) groups is 5. The number of aliphatic carboxylic acids is 1. The molecule has 1 aromatic rings. The van der Waals surface area contributed by atoms with Crippen molar-refractivity contribution in [2.75, 3.05) is 6.61 Å². The number of carboxylic acid groups (broad SMARTS) is 1. The van der Waals surface area contributed by atoms with E-state index in [-0.39, 0.29) is 34.8 Å². The third kappa shape index (κ3) is 6.22. The fourth-order valence-corrected chi connectivity index (χ4v) is 9.12. The number of nitro benzene ring substituents is 1. The number of rotatable bonds is 11. The van der Waals surface area contributed by atoms with Crippen molar-refractivity contribution in [3.05, 3.63) is 51.6 Å². The van der Waals surface area contributed by atoms with Crippen LogP contribution in [-0.4, -0.2) is 67.9 Å². The van der Waals surface area contributed by atoms with Crippen LogP contribution in [0, 0.1) is 38.7 Å². The van der Waals surface area contributed by atoms with Crippen molar-refractivity contribution in [3.63, 3.8) is 0 Å².